The van der Waals surface area contributed by atoms with E-state index < -0.39 is 11.6 Å². The highest BCUT2D eigenvalue weighted by molar-refractivity contribution is 14.1. The molecule has 0 unspecified atom stereocenters. The molecular formula is C12H7F2I. The molecule has 0 nitrogen and oxygen atoms in total. The van der Waals surface area contributed by atoms with Crippen LogP contribution in [0.5, 0.6) is 0 Å². The Morgan fingerprint density at radius 2 is 1.47 bits per heavy atom. The van der Waals surface area contributed by atoms with Crippen LogP contribution in [0.1, 0.15) is 0 Å². The summed E-state index contributed by atoms with van der Waals surface area (Å²) in [6.45, 7) is 0. The van der Waals surface area contributed by atoms with Crippen LogP contribution >= 0.6 is 22.6 Å². The molecule has 0 bridgehead atoms. The number of hydrogen-bond acceptors (Lipinski definition) is 0. The molecule has 0 fully saturated rings. The van der Waals surface area contributed by atoms with Crippen molar-refractivity contribution in [1.29, 1.82) is 0 Å². The zero-order chi connectivity index (χ0) is 10.8. The summed E-state index contributed by atoms with van der Waals surface area (Å²) in [4.78, 5) is 0. The molecule has 15 heavy (non-hydrogen) atoms. The monoisotopic (exact) mass is 316 g/mol. The largest absolute Gasteiger partial charge is 0.206 e. The van der Waals surface area contributed by atoms with Crippen molar-refractivity contribution in [1.82, 2.24) is 0 Å². The van der Waals surface area contributed by atoms with Gasteiger partial charge in [0.2, 0.25) is 0 Å². The van der Waals surface area contributed by atoms with Crippen LogP contribution in [-0.2, 0) is 0 Å². The van der Waals surface area contributed by atoms with E-state index in [1.54, 1.807) is 18.2 Å². The van der Waals surface area contributed by atoms with Gasteiger partial charge in [-0.1, -0.05) is 18.2 Å². The Balaban J connectivity index is 2.63. The van der Waals surface area contributed by atoms with Crippen LogP contribution in [0, 0.1) is 15.2 Å². The van der Waals surface area contributed by atoms with Crippen LogP contribution in [0.3, 0.4) is 0 Å². The summed E-state index contributed by atoms with van der Waals surface area (Å²) in [5.41, 5.74) is 0.605. The van der Waals surface area contributed by atoms with Crippen molar-refractivity contribution in [2.45, 2.75) is 0 Å². The lowest BCUT2D eigenvalue weighted by Crippen LogP contribution is -1.89. The first-order chi connectivity index (χ1) is 7.18. The fourth-order valence-corrected chi connectivity index (χ4v) is 1.96. The van der Waals surface area contributed by atoms with Crippen LogP contribution in [-0.4, -0.2) is 0 Å². The van der Waals surface area contributed by atoms with Gasteiger partial charge >= 0.3 is 0 Å². The predicted molar refractivity (Wildman–Crippen MR) is 64.5 cm³/mol. The normalized spacial score (nSPS) is 10.3. The second-order valence-corrected chi connectivity index (χ2v) is 4.35. The topological polar surface area (TPSA) is 0 Å². The summed E-state index contributed by atoms with van der Waals surface area (Å²) in [5, 5.41) is 0. The van der Waals surface area contributed by atoms with Crippen molar-refractivity contribution < 1.29 is 8.78 Å². The van der Waals surface area contributed by atoms with Crippen LogP contribution in [0.2, 0.25) is 0 Å². The van der Waals surface area contributed by atoms with Gasteiger partial charge in [-0.15, -0.1) is 0 Å². The number of benzene rings is 2. The average molecular weight is 316 g/mol. The van der Waals surface area contributed by atoms with Crippen molar-refractivity contribution in [3.8, 4) is 11.1 Å². The Kier molecular flexibility index (Phi) is 3.00. The molecule has 0 spiro atoms. The SMILES string of the molecule is Fc1cccc(F)c1-c1cccc(I)c1. The van der Waals surface area contributed by atoms with Crippen molar-refractivity contribution in [2.75, 3.05) is 0 Å². The van der Waals surface area contributed by atoms with Crippen molar-refractivity contribution in [3.05, 3.63) is 57.7 Å². The molecule has 2 rings (SSSR count). The van der Waals surface area contributed by atoms with E-state index >= 15 is 0 Å². The van der Waals surface area contributed by atoms with Gasteiger partial charge in [0, 0.05) is 3.57 Å². The molecule has 0 aliphatic heterocycles. The standard InChI is InChI=1S/C12H7F2I/c13-10-5-2-6-11(14)12(10)8-3-1-4-9(15)7-8/h1-7H. The molecule has 0 amide bonds. The number of halogens is 3. The molecule has 0 aliphatic carbocycles. The predicted octanol–water partition coefficient (Wildman–Crippen LogP) is 4.24. The second kappa shape index (κ2) is 4.26. The molecule has 2 aromatic rings. The minimum absolute atomic E-state index is 0.0380. The first kappa shape index (κ1) is 10.5. The Bertz CT molecular complexity index is 474. The van der Waals surface area contributed by atoms with Crippen LogP contribution in [0.15, 0.2) is 42.5 Å². The zero-order valence-corrected chi connectivity index (χ0v) is 9.83. The lowest BCUT2D eigenvalue weighted by Gasteiger charge is -2.05. The third kappa shape index (κ3) is 2.17. The molecule has 0 radical (unpaired) electrons. The molecule has 0 heterocycles. The summed E-state index contributed by atoms with van der Waals surface area (Å²) in [6.07, 6.45) is 0. The van der Waals surface area contributed by atoms with Gasteiger partial charge in [-0.2, -0.15) is 0 Å². The molecule has 0 atom stereocenters. The Morgan fingerprint density at radius 3 is 2.07 bits per heavy atom. The lowest BCUT2D eigenvalue weighted by atomic mass is 10.0. The van der Waals surface area contributed by atoms with Crippen LogP contribution < -0.4 is 0 Å². The Hall–Kier alpha value is -0.970. The van der Waals surface area contributed by atoms with E-state index in [-0.39, 0.29) is 5.56 Å². The molecule has 0 N–H and O–H groups in total. The van der Waals surface area contributed by atoms with Gasteiger partial charge < -0.3 is 0 Å². The summed E-state index contributed by atoms with van der Waals surface area (Å²) in [7, 11) is 0. The van der Waals surface area contributed by atoms with E-state index in [0.717, 1.165) is 3.57 Å². The molecule has 2 aromatic carbocycles. The van der Waals surface area contributed by atoms with Gasteiger partial charge in [0.15, 0.2) is 0 Å². The van der Waals surface area contributed by atoms with Crippen LogP contribution in [0.4, 0.5) is 8.78 Å². The van der Waals surface area contributed by atoms with Gasteiger partial charge in [0.1, 0.15) is 11.6 Å². The van der Waals surface area contributed by atoms with Crippen molar-refractivity contribution >= 4 is 22.6 Å². The van der Waals surface area contributed by atoms with E-state index in [1.807, 2.05) is 6.07 Å². The fraction of sp³-hybridized carbons (Fsp3) is 0. The van der Waals surface area contributed by atoms with E-state index in [9.17, 15) is 8.78 Å². The van der Waals surface area contributed by atoms with Gasteiger partial charge in [-0.25, -0.2) is 8.78 Å². The maximum Gasteiger partial charge on any atom is 0.133 e. The average Bonchev–Trinajstić information content (AvgIpc) is 2.17. The van der Waals surface area contributed by atoms with Gasteiger partial charge in [0.25, 0.3) is 0 Å². The highest BCUT2D eigenvalue weighted by Crippen LogP contribution is 2.26. The number of rotatable bonds is 1. The molecule has 0 saturated heterocycles. The second-order valence-electron chi connectivity index (χ2n) is 3.11. The fourth-order valence-electron chi connectivity index (χ4n) is 1.42. The first-order valence-electron chi connectivity index (χ1n) is 4.38. The molecule has 0 aromatic heterocycles. The highest BCUT2D eigenvalue weighted by Gasteiger charge is 2.10. The van der Waals surface area contributed by atoms with E-state index in [2.05, 4.69) is 22.6 Å². The summed E-state index contributed by atoms with van der Waals surface area (Å²) >= 11 is 2.11. The van der Waals surface area contributed by atoms with Crippen LogP contribution in [0.25, 0.3) is 11.1 Å². The van der Waals surface area contributed by atoms with E-state index in [0.29, 0.717) is 5.56 Å². The molecular weight excluding hydrogens is 309 g/mol. The summed E-state index contributed by atoms with van der Waals surface area (Å²) in [6, 6.07) is 11.0. The minimum Gasteiger partial charge on any atom is -0.206 e. The molecule has 76 valence electrons. The van der Waals surface area contributed by atoms with E-state index in [1.165, 1.54) is 18.2 Å². The summed E-state index contributed by atoms with van der Waals surface area (Å²) in [5.74, 6) is -1.06. The molecule has 0 saturated carbocycles. The highest BCUT2D eigenvalue weighted by atomic mass is 127. The third-order valence-corrected chi connectivity index (χ3v) is 2.75. The Labute approximate surface area is 100 Å². The third-order valence-electron chi connectivity index (χ3n) is 2.08. The molecule has 0 aliphatic rings. The van der Waals surface area contributed by atoms with Gasteiger partial charge in [-0.05, 0) is 52.4 Å². The first-order valence-corrected chi connectivity index (χ1v) is 5.46. The van der Waals surface area contributed by atoms with Crippen molar-refractivity contribution in [3.63, 3.8) is 0 Å². The minimum atomic E-state index is -0.531. The van der Waals surface area contributed by atoms with E-state index in [4.69, 9.17) is 0 Å². The van der Waals surface area contributed by atoms with Crippen molar-refractivity contribution in [2.24, 2.45) is 0 Å². The van der Waals surface area contributed by atoms with Gasteiger partial charge in [0.05, 0.1) is 5.56 Å². The van der Waals surface area contributed by atoms with Gasteiger partial charge in [-0.3, -0.25) is 0 Å². The zero-order valence-electron chi connectivity index (χ0n) is 7.68. The summed E-state index contributed by atoms with van der Waals surface area (Å²) < 4.78 is 27.8. The maximum atomic E-state index is 13.4. The Morgan fingerprint density at radius 1 is 0.867 bits per heavy atom. The smallest absolute Gasteiger partial charge is 0.133 e. The molecule has 3 heteroatoms. The lowest BCUT2D eigenvalue weighted by molar-refractivity contribution is 0.589. The maximum absolute atomic E-state index is 13.4. The number of hydrogen-bond donors (Lipinski definition) is 0. The quantitative estimate of drug-likeness (QED) is 0.691.